The molecular weight excluding hydrogens is 374 g/mol. The van der Waals surface area contributed by atoms with Crippen molar-refractivity contribution in [3.05, 3.63) is 23.8 Å². The predicted octanol–water partition coefficient (Wildman–Crippen LogP) is 1.50. The molecule has 3 N–H and O–H groups in total. The number of nitrogens with one attached hydrogen (secondary N) is 2. The lowest BCUT2D eigenvalue weighted by Gasteiger charge is -2.29. The summed E-state index contributed by atoms with van der Waals surface area (Å²) >= 11 is 0. The van der Waals surface area contributed by atoms with Crippen LogP contribution < -0.4 is 15.5 Å². The molecule has 0 aromatic heterocycles. The van der Waals surface area contributed by atoms with E-state index in [2.05, 4.69) is 10.6 Å². The molecule has 2 fully saturated rings. The van der Waals surface area contributed by atoms with E-state index < -0.39 is 17.4 Å². The summed E-state index contributed by atoms with van der Waals surface area (Å²) in [5.74, 6) is -1.43. The van der Waals surface area contributed by atoms with Crippen LogP contribution in [0.2, 0.25) is 0 Å². The van der Waals surface area contributed by atoms with Crippen molar-refractivity contribution in [2.24, 2.45) is 0 Å². The van der Waals surface area contributed by atoms with Gasteiger partial charge in [0.05, 0.1) is 18.8 Å². The Morgan fingerprint density at radius 2 is 1.97 bits per heavy atom. The lowest BCUT2D eigenvalue weighted by Crippen LogP contribution is -2.46. The van der Waals surface area contributed by atoms with Gasteiger partial charge in [-0.25, -0.2) is 0 Å². The van der Waals surface area contributed by atoms with E-state index >= 15 is 0 Å². The van der Waals surface area contributed by atoms with Crippen LogP contribution in [0.1, 0.15) is 44.1 Å². The molecule has 0 atom stereocenters. The van der Waals surface area contributed by atoms with Gasteiger partial charge >= 0.3 is 11.8 Å². The molecule has 29 heavy (non-hydrogen) atoms. The monoisotopic (exact) mass is 403 g/mol. The number of benzene rings is 1. The van der Waals surface area contributed by atoms with Gasteiger partial charge < -0.3 is 25.4 Å². The molecule has 1 saturated carbocycles. The second-order valence-electron chi connectivity index (χ2n) is 7.75. The number of ether oxygens (including phenoxy) is 1. The minimum absolute atomic E-state index is 0.0686. The first kappa shape index (κ1) is 21.3. The van der Waals surface area contributed by atoms with Gasteiger partial charge in [-0.3, -0.25) is 14.4 Å². The third-order valence-corrected chi connectivity index (χ3v) is 5.62. The quantitative estimate of drug-likeness (QED) is 0.598. The average molecular weight is 403 g/mol. The zero-order valence-electron chi connectivity index (χ0n) is 16.8. The summed E-state index contributed by atoms with van der Waals surface area (Å²) in [5, 5.41) is 14.3. The molecular formula is C21H29N3O5. The maximum Gasteiger partial charge on any atom is 0.313 e. The van der Waals surface area contributed by atoms with Crippen molar-refractivity contribution < 1.29 is 24.2 Å². The van der Waals surface area contributed by atoms with E-state index in [0.29, 0.717) is 18.7 Å². The minimum atomic E-state index is -0.761. The summed E-state index contributed by atoms with van der Waals surface area (Å²) in [6.07, 6.45) is 4.92. The Morgan fingerprint density at radius 1 is 1.21 bits per heavy atom. The number of amides is 3. The highest BCUT2D eigenvalue weighted by atomic mass is 16.5. The molecule has 1 saturated heterocycles. The maximum atomic E-state index is 12.3. The largest absolute Gasteiger partial charge is 0.394 e. The molecule has 8 nitrogen and oxygen atoms in total. The number of aliphatic hydroxyl groups is 1. The van der Waals surface area contributed by atoms with Crippen LogP contribution in [0, 0.1) is 6.92 Å². The Balaban J connectivity index is 1.59. The van der Waals surface area contributed by atoms with Crippen molar-refractivity contribution in [3.8, 4) is 0 Å². The molecule has 1 aromatic carbocycles. The van der Waals surface area contributed by atoms with Gasteiger partial charge in [-0.15, -0.1) is 0 Å². The van der Waals surface area contributed by atoms with Crippen LogP contribution >= 0.6 is 0 Å². The zero-order chi connectivity index (χ0) is 20.9. The van der Waals surface area contributed by atoms with Gasteiger partial charge in [0.25, 0.3) is 0 Å². The molecule has 8 heteroatoms. The molecule has 0 bridgehead atoms. The second kappa shape index (κ2) is 9.37. The molecule has 2 aliphatic rings. The summed E-state index contributed by atoms with van der Waals surface area (Å²) < 4.78 is 5.75. The fourth-order valence-electron chi connectivity index (χ4n) is 4.04. The summed E-state index contributed by atoms with van der Waals surface area (Å²) in [6.45, 7) is 2.94. The van der Waals surface area contributed by atoms with E-state index in [1.165, 1.54) is 0 Å². The molecule has 158 valence electrons. The number of anilines is 2. The number of aryl methyl sites for hydroxylation is 1. The second-order valence-corrected chi connectivity index (χ2v) is 7.75. The number of carbonyl (C=O) groups is 3. The molecule has 1 aromatic rings. The van der Waals surface area contributed by atoms with Crippen LogP contribution in [-0.2, 0) is 19.1 Å². The lowest BCUT2D eigenvalue weighted by molar-refractivity contribution is -0.137. The van der Waals surface area contributed by atoms with Crippen molar-refractivity contribution in [3.63, 3.8) is 0 Å². The Kier molecular flexibility index (Phi) is 6.87. The fraction of sp³-hybridized carbons (Fsp3) is 0.571. The van der Waals surface area contributed by atoms with E-state index in [-0.39, 0.29) is 25.7 Å². The van der Waals surface area contributed by atoms with E-state index in [1.54, 1.807) is 17.0 Å². The van der Waals surface area contributed by atoms with Crippen LogP contribution in [0.3, 0.4) is 0 Å². The smallest absolute Gasteiger partial charge is 0.313 e. The van der Waals surface area contributed by atoms with Crippen LogP contribution in [0.15, 0.2) is 18.2 Å². The summed E-state index contributed by atoms with van der Waals surface area (Å²) in [5.41, 5.74) is 1.66. The van der Waals surface area contributed by atoms with E-state index in [1.807, 2.05) is 13.0 Å². The number of hydrogen-bond donors (Lipinski definition) is 3. The number of aliphatic hydroxyl groups excluding tert-OH is 1. The fourth-order valence-corrected chi connectivity index (χ4v) is 4.04. The van der Waals surface area contributed by atoms with E-state index in [0.717, 1.165) is 43.4 Å². The Labute approximate surface area is 170 Å². The SMILES string of the molecule is Cc1ccc(NC(=O)C(=O)NCC2(OCCO)CCCC2)cc1N1CCCC1=O. The topological polar surface area (TPSA) is 108 Å². The normalized spacial score (nSPS) is 18.1. The first-order chi connectivity index (χ1) is 13.9. The number of carbonyl (C=O) groups excluding carboxylic acids is 3. The Morgan fingerprint density at radius 3 is 2.62 bits per heavy atom. The van der Waals surface area contributed by atoms with E-state index in [9.17, 15) is 14.4 Å². The molecule has 1 heterocycles. The van der Waals surface area contributed by atoms with E-state index in [4.69, 9.17) is 9.84 Å². The van der Waals surface area contributed by atoms with Crippen molar-refractivity contribution in [1.29, 1.82) is 0 Å². The molecule has 0 spiro atoms. The number of hydrogen-bond acceptors (Lipinski definition) is 5. The van der Waals surface area contributed by atoms with Crippen molar-refractivity contribution in [1.82, 2.24) is 5.32 Å². The van der Waals surface area contributed by atoms with Crippen LogP contribution in [0.5, 0.6) is 0 Å². The van der Waals surface area contributed by atoms with Gasteiger partial charge in [-0.1, -0.05) is 18.9 Å². The third-order valence-electron chi connectivity index (χ3n) is 5.62. The molecule has 0 unspecified atom stereocenters. The predicted molar refractivity (Wildman–Crippen MR) is 109 cm³/mol. The molecule has 3 rings (SSSR count). The Hall–Kier alpha value is -2.45. The van der Waals surface area contributed by atoms with Crippen molar-refractivity contribution in [2.45, 2.75) is 51.0 Å². The molecule has 0 radical (unpaired) electrons. The number of nitrogens with zero attached hydrogens (tertiary/aromatic N) is 1. The average Bonchev–Trinajstić information content (AvgIpc) is 3.35. The Bertz CT molecular complexity index is 774. The van der Waals surface area contributed by atoms with Gasteiger partial charge in [-0.2, -0.15) is 0 Å². The van der Waals surface area contributed by atoms with Gasteiger partial charge in [0.1, 0.15) is 0 Å². The summed E-state index contributed by atoms with van der Waals surface area (Å²) in [4.78, 5) is 38.4. The molecule has 1 aliphatic carbocycles. The van der Waals surface area contributed by atoms with Crippen molar-refractivity contribution >= 4 is 29.1 Å². The highest BCUT2D eigenvalue weighted by Crippen LogP contribution is 2.32. The standard InChI is InChI=1S/C21H29N3O5/c1-15-6-7-16(13-17(15)24-10-4-5-18(24)26)23-20(28)19(27)22-14-21(29-12-11-25)8-2-3-9-21/h6-7,13,25H,2-5,8-12,14H2,1H3,(H,22,27)(H,23,28). The summed E-state index contributed by atoms with van der Waals surface area (Å²) in [6, 6.07) is 5.27. The first-order valence-electron chi connectivity index (χ1n) is 10.2. The van der Waals surface area contributed by atoms with Crippen molar-refractivity contribution in [2.75, 3.05) is 36.5 Å². The minimum Gasteiger partial charge on any atom is -0.394 e. The zero-order valence-corrected chi connectivity index (χ0v) is 16.8. The summed E-state index contributed by atoms with van der Waals surface area (Å²) in [7, 11) is 0. The molecule has 3 amide bonds. The number of rotatable bonds is 7. The lowest BCUT2D eigenvalue weighted by atomic mass is 10.0. The highest BCUT2D eigenvalue weighted by Gasteiger charge is 2.35. The maximum absolute atomic E-state index is 12.3. The van der Waals surface area contributed by atoms with Gasteiger partial charge in [0.2, 0.25) is 5.91 Å². The van der Waals surface area contributed by atoms with Gasteiger partial charge in [0.15, 0.2) is 0 Å². The van der Waals surface area contributed by atoms with Crippen LogP contribution in [0.25, 0.3) is 0 Å². The third kappa shape index (κ3) is 5.13. The highest BCUT2D eigenvalue weighted by molar-refractivity contribution is 6.39. The van der Waals surface area contributed by atoms with Crippen LogP contribution in [0.4, 0.5) is 11.4 Å². The molecule has 1 aliphatic heterocycles. The van der Waals surface area contributed by atoms with Crippen LogP contribution in [-0.4, -0.2) is 54.7 Å². The van der Waals surface area contributed by atoms with Gasteiger partial charge in [-0.05, 0) is 43.9 Å². The van der Waals surface area contributed by atoms with Gasteiger partial charge in [0, 0.05) is 30.9 Å². The first-order valence-corrected chi connectivity index (χ1v) is 10.2.